The molecule has 0 aliphatic heterocycles. The van der Waals surface area contributed by atoms with Crippen molar-refractivity contribution >= 4 is 11.9 Å². The van der Waals surface area contributed by atoms with Crippen LogP contribution in [0.25, 0.3) is 0 Å². The average molecular weight is 295 g/mol. The van der Waals surface area contributed by atoms with Crippen LogP contribution in [-0.2, 0) is 16.0 Å². The van der Waals surface area contributed by atoms with Crippen molar-refractivity contribution in [2.24, 2.45) is 0 Å². The smallest absolute Gasteiger partial charge is 0.322 e. The number of carboxylic acids is 1. The fourth-order valence-corrected chi connectivity index (χ4v) is 1.74. The molecule has 0 saturated heterocycles. The first-order valence-corrected chi connectivity index (χ1v) is 6.74. The van der Waals surface area contributed by atoms with E-state index in [1.807, 2.05) is 32.0 Å². The summed E-state index contributed by atoms with van der Waals surface area (Å²) in [5.41, 5.74) is 0.924. The Labute approximate surface area is 124 Å². The standard InChI is InChI=1S/C15H21NO5/c1-10(2)21-12-6-4-11(8-13(12)20-3)5-7-14(17)16-9-15(18)19/h4,6,8,10H,5,7,9H2,1-3H3,(H,16,17)(H,18,19). The summed E-state index contributed by atoms with van der Waals surface area (Å²) in [7, 11) is 1.56. The van der Waals surface area contributed by atoms with E-state index in [4.69, 9.17) is 14.6 Å². The van der Waals surface area contributed by atoms with Gasteiger partial charge in [0.05, 0.1) is 13.2 Å². The van der Waals surface area contributed by atoms with Crippen LogP contribution in [0.1, 0.15) is 25.8 Å². The van der Waals surface area contributed by atoms with Crippen LogP contribution in [0.4, 0.5) is 0 Å². The largest absolute Gasteiger partial charge is 0.493 e. The lowest BCUT2D eigenvalue weighted by molar-refractivity contribution is -0.137. The minimum Gasteiger partial charge on any atom is -0.493 e. The fraction of sp³-hybridized carbons (Fsp3) is 0.467. The maximum Gasteiger partial charge on any atom is 0.322 e. The van der Waals surface area contributed by atoms with Gasteiger partial charge in [-0.2, -0.15) is 0 Å². The third kappa shape index (κ3) is 6.16. The van der Waals surface area contributed by atoms with Crippen molar-refractivity contribution in [2.45, 2.75) is 32.8 Å². The second-order valence-electron chi connectivity index (χ2n) is 4.82. The SMILES string of the molecule is COc1cc(CCC(=O)NCC(=O)O)ccc1OC(C)C. The van der Waals surface area contributed by atoms with Crippen molar-refractivity contribution in [3.8, 4) is 11.5 Å². The summed E-state index contributed by atoms with van der Waals surface area (Å²) >= 11 is 0. The number of nitrogens with one attached hydrogen (secondary N) is 1. The highest BCUT2D eigenvalue weighted by Gasteiger charge is 2.09. The van der Waals surface area contributed by atoms with Gasteiger partial charge in [-0.15, -0.1) is 0 Å². The molecule has 21 heavy (non-hydrogen) atoms. The zero-order chi connectivity index (χ0) is 15.8. The van der Waals surface area contributed by atoms with Crippen LogP contribution in [0.5, 0.6) is 11.5 Å². The van der Waals surface area contributed by atoms with Gasteiger partial charge in [0.2, 0.25) is 5.91 Å². The van der Waals surface area contributed by atoms with Gasteiger partial charge in [0.25, 0.3) is 0 Å². The predicted octanol–water partition coefficient (Wildman–Crippen LogP) is 1.62. The molecule has 0 fully saturated rings. The molecule has 1 aromatic carbocycles. The molecule has 1 aromatic rings. The maximum absolute atomic E-state index is 11.5. The zero-order valence-electron chi connectivity index (χ0n) is 12.5. The normalized spacial score (nSPS) is 10.3. The van der Waals surface area contributed by atoms with Crippen molar-refractivity contribution in [3.05, 3.63) is 23.8 Å². The van der Waals surface area contributed by atoms with Crippen molar-refractivity contribution in [1.29, 1.82) is 0 Å². The Balaban J connectivity index is 2.60. The summed E-state index contributed by atoms with van der Waals surface area (Å²) < 4.78 is 10.9. The summed E-state index contributed by atoms with van der Waals surface area (Å²) in [6.45, 7) is 3.50. The maximum atomic E-state index is 11.5. The Morgan fingerprint density at radius 1 is 1.29 bits per heavy atom. The number of amides is 1. The highest BCUT2D eigenvalue weighted by Crippen LogP contribution is 2.29. The van der Waals surface area contributed by atoms with Gasteiger partial charge in [0.15, 0.2) is 11.5 Å². The highest BCUT2D eigenvalue weighted by molar-refractivity contribution is 5.81. The molecule has 1 amide bonds. The Morgan fingerprint density at radius 2 is 2.00 bits per heavy atom. The molecule has 1 rings (SSSR count). The number of rotatable bonds is 8. The fourth-order valence-electron chi connectivity index (χ4n) is 1.74. The first kappa shape index (κ1) is 16.8. The summed E-state index contributed by atoms with van der Waals surface area (Å²) in [5.74, 6) is -0.0715. The lowest BCUT2D eigenvalue weighted by Crippen LogP contribution is -2.29. The van der Waals surface area contributed by atoms with E-state index >= 15 is 0 Å². The number of benzene rings is 1. The first-order chi connectivity index (χ1) is 9.92. The molecule has 0 aliphatic carbocycles. The number of carbonyl (C=O) groups is 2. The van der Waals surface area contributed by atoms with Crippen molar-refractivity contribution < 1.29 is 24.2 Å². The molecule has 0 saturated carbocycles. The molecule has 0 radical (unpaired) electrons. The third-order valence-electron chi connectivity index (χ3n) is 2.67. The van der Waals surface area contributed by atoms with E-state index in [0.717, 1.165) is 5.56 Å². The minimum absolute atomic E-state index is 0.0477. The Bertz CT molecular complexity index is 499. The predicted molar refractivity (Wildman–Crippen MR) is 77.7 cm³/mol. The molecule has 116 valence electrons. The summed E-state index contributed by atoms with van der Waals surface area (Å²) in [5, 5.41) is 10.8. The van der Waals surface area contributed by atoms with Gasteiger partial charge in [-0.25, -0.2) is 0 Å². The monoisotopic (exact) mass is 295 g/mol. The molecule has 0 heterocycles. The Hall–Kier alpha value is -2.24. The Morgan fingerprint density at radius 3 is 2.57 bits per heavy atom. The third-order valence-corrected chi connectivity index (χ3v) is 2.67. The number of methoxy groups -OCH3 is 1. The van der Waals surface area contributed by atoms with Crippen LogP contribution in [0.3, 0.4) is 0 Å². The van der Waals surface area contributed by atoms with Gasteiger partial charge in [-0.05, 0) is 38.0 Å². The molecular formula is C15H21NO5. The Kier molecular flexibility index (Phi) is 6.52. The number of carbonyl (C=O) groups excluding carboxylic acids is 1. The van der Waals surface area contributed by atoms with Crippen LogP contribution >= 0.6 is 0 Å². The van der Waals surface area contributed by atoms with E-state index in [2.05, 4.69) is 5.32 Å². The number of carboxylic acid groups (broad SMARTS) is 1. The van der Waals surface area contributed by atoms with Gasteiger partial charge in [-0.3, -0.25) is 9.59 Å². The second-order valence-corrected chi connectivity index (χ2v) is 4.82. The van der Waals surface area contributed by atoms with Gasteiger partial charge < -0.3 is 19.9 Å². The van der Waals surface area contributed by atoms with Gasteiger partial charge in [-0.1, -0.05) is 6.07 Å². The molecule has 0 bridgehead atoms. The summed E-state index contributed by atoms with van der Waals surface area (Å²) in [6, 6.07) is 5.50. The van der Waals surface area contributed by atoms with E-state index in [0.29, 0.717) is 17.9 Å². The van der Waals surface area contributed by atoms with E-state index in [1.165, 1.54) is 0 Å². The van der Waals surface area contributed by atoms with Crippen molar-refractivity contribution in [1.82, 2.24) is 5.32 Å². The van der Waals surface area contributed by atoms with E-state index < -0.39 is 5.97 Å². The van der Waals surface area contributed by atoms with Gasteiger partial charge >= 0.3 is 5.97 Å². The molecule has 0 aliphatic rings. The zero-order valence-corrected chi connectivity index (χ0v) is 12.5. The molecule has 0 aromatic heterocycles. The highest BCUT2D eigenvalue weighted by atomic mass is 16.5. The summed E-state index contributed by atoms with van der Waals surface area (Å²) in [4.78, 5) is 21.8. The van der Waals surface area contributed by atoms with Crippen LogP contribution in [0.2, 0.25) is 0 Å². The molecule has 6 heteroatoms. The molecule has 6 nitrogen and oxygen atoms in total. The van der Waals surface area contributed by atoms with Crippen molar-refractivity contribution in [3.63, 3.8) is 0 Å². The molecule has 0 spiro atoms. The first-order valence-electron chi connectivity index (χ1n) is 6.74. The van der Waals surface area contributed by atoms with Gasteiger partial charge in [0, 0.05) is 6.42 Å². The van der Waals surface area contributed by atoms with E-state index in [-0.39, 0.29) is 25.0 Å². The number of hydrogen-bond donors (Lipinski definition) is 2. The lowest BCUT2D eigenvalue weighted by atomic mass is 10.1. The number of aryl methyl sites for hydroxylation is 1. The quantitative estimate of drug-likeness (QED) is 0.761. The average Bonchev–Trinajstić information content (AvgIpc) is 2.43. The summed E-state index contributed by atoms with van der Waals surface area (Å²) in [6.07, 6.45) is 0.775. The van der Waals surface area contributed by atoms with Crippen LogP contribution in [-0.4, -0.2) is 36.7 Å². The second kappa shape index (κ2) is 8.14. The van der Waals surface area contributed by atoms with Crippen LogP contribution in [0, 0.1) is 0 Å². The van der Waals surface area contributed by atoms with Crippen LogP contribution in [0.15, 0.2) is 18.2 Å². The number of hydrogen-bond acceptors (Lipinski definition) is 4. The topological polar surface area (TPSA) is 84.9 Å². The minimum atomic E-state index is -1.06. The van der Waals surface area contributed by atoms with Crippen LogP contribution < -0.4 is 14.8 Å². The van der Waals surface area contributed by atoms with E-state index in [9.17, 15) is 9.59 Å². The van der Waals surface area contributed by atoms with E-state index in [1.54, 1.807) is 7.11 Å². The molecule has 0 unspecified atom stereocenters. The number of aliphatic carboxylic acids is 1. The van der Waals surface area contributed by atoms with Gasteiger partial charge in [0.1, 0.15) is 6.54 Å². The molecule has 0 atom stereocenters. The number of ether oxygens (including phenoxy) is 2. The molecule has 2 N–H and O–H groups in total. The molecular weight excluding hydrogens is 274 g/mol. The lowest BCUT2D eigenvalue weighted by Gasteiger charge is -2.14. The van der Waals surface area contributed by atoms with Crippen molar-refractivity contribution in [2.75, 3.05) is 13.7 Å².